The van der Waals surface area contributed by atoms with Crippen LogP contribution in [0.5, 0.6) is 0 Å². The number of rotatable bonds is 0. The molecule has 0 unspecified atom stereocenters. The second kappa shape index (κ2) is 2.58. The highest BCUT2D eigenvalue weighted by molar-refractivity contribution is 8.14. The number of hydrogen-bond acceptors (Lipinski definition) is 2. The first kappa shape index (κ1) is 5.45. The molecule has 0 aliphatic carbocycles. The lowest BCUT2D eigenvalue weighted by Crippen LogP contribution is -1.75. The molecule has 0 amide bonds. The second-order valence-electron chi connectivity index (χ2n) is 1.43. The summed E-state index contributed by atoms with van der Waals surface area (Å²) in [5.74, 6) is 1.20. The SMILES string of the molecule is ClN=C1CCCS1. The molecule has 1 heterocycles. The summed E-state index contributed by atoms with van der Waals surface area (Å²) in [6, 6.07) is 0. The monoisotopic (exact) mass is 135 g/mol. The van der Waals surface area contributed by atoms with E-state index in [1.54, 1.807) is 11.8 Å². The molecule has 0 spiro atoms. The van der Waals surface area contributed by atoms with Gasteiger partial charge < -0.3 is 0 Å². The van der Waals surface area contributed by atoms with E-state index in [-0.39, 0.29) is 0 Å². The van der Waals surface area contributed by atoms with E-state index < -0.39 is 0 Å². The van der Waals surface area contributed by atoms with Crippen LogP contribution in [0.25, 0.3) is 0 Å². The zero-order valence-electron chi connectivity index (χ0n) is 3.85. The first-order chi connectivity index (χ1) is 3.43. The minimum absolute atomic E-state index is 1.09. The molecule has 0 aromatic heterocycles. The average molecular weight is 136 g/mol. The zero-order valence-corrected chi connectivity index (χ0v) is 5.43. The van der Waals surface area contributed by atoms with Gasteiger partial charge >= 0.3 is 0 Å². The average Bonchev–Trinajstić information content (AvgIpc) is 2.14. The quantitative estimate of drug-likeness (QED) is 0.496. The molecule has 1 aliphatic rings. The van der Waals surface area contributed by atoms with Crippen LogP contribution >= 0.6 is 23.5 Å². The van der Waals surface area contributed by atoms with Crippen molar-refractivity contribution in [2.45, 2.75) is 12.8 Å². The van der Waals surface area contributed by atoms with E-state index in [9.17, 15) is 0 Å². The lowest BCUT2D eigenvalue weighted by Gasteiger charge is -1.81. The normalized spacial score (nSPS) is 26.7. The molecule has 0 N–H and O–H groups in total. The molecule has 1 fully saturated rings. The van der Waals surface area contributed by atoms with Crippen molar-refractivity contribution >= 4 is 28.6 Å². The van der Waals surface area contributed by atoms with Crippen LogP contribution in [-0.4, -0.2) is 10.8 Å². The molecule has 1 saturated heterocycles. The van der Waals surface area contributed by atoms with Gasteiger partial charge in [0.15, 0.2) is 0 Å². The first-order valence-electron chi connectivity index (χ1n) is 2.24. The van der Waals surface area contributed by atoms with Crippen molar-refractivity contribution in [3.05, 3.63) is 0 Å². The van der Waals surface area contributed by atoms with Crippen LogP contribution in [-0.2, 0) is 0 Å². The summed E-state index contributed by atoms with van der Waals surface area (Å²) in [4.78, 5) is 0. The molecule has 3 heteroatoms. The van der Waals surface area contributed by atoms with Crippen molar-refractivity contribution in [1.82, 2.24) is 0 Å². The Labute approximate surface area is 52.3 Å². The summed E-state index contributed by atoms with van der Waals surface area (Å²) in [7, 11) is 0. The van der Waals surface area contributed by atoms with E-state index in [2.05, 4.69) is 4.51 Å². The maximum atomic E-state index is 5.17. The van der Waals surface area contributed by atoms with Gasteiger partial charge in [0.2, 0.25) is 0 Å². The number of hydrogen-bond donors (Lipinski definition) is 0. The molecule has 0 aromatic rings. The molecular weight excluding hydrogens is 130 g/mol. The third kappa shape index (κ3) is 1.35. The van der Waals surface area contributed by atoms with Gasteiger partial charge in [-0.05, 0) is 18.6 Å². The van der Waals surface area contributed by atoms with E-state index in [0.717, 1.165) is 11.5 Å². The fourth-order valence-electron chi connectivity index (χ4n) is 0.552. The van der Waals surface area contributed by atoms with Gasteiger partial charge in [0.25, 0.3) is 0 Å². The minimum atomic E-state index is 1.09. The van der Waals surface area contributed by atoms with Crippen molar-refractivity contribution in [1.29, 1.82) is 0 Å². The van der Waals surface area contributed by atoms with Crippen LogP contribution in [0.3, 0.4) is 0 Å². The predicted molar refractivity (Wildman–Crippen MR) is 35.0 cm³/mol. The largest absolute Gasteiger partial charge is 0.176 e. The van der Waals surface area contributed by atoms with Crippen LogP contribution in [0.2, 0.25) is 0 Å². The summed E-state index contributed by atoms with van der Waals surface area (Å²) >= 11 is 6.94. The minimum Gasteiger partial charge on any atom is -0.176 e. The Bertz CT molecular complexity index is 83.7. The molecule has 0 saturated carbocycles. The second-order valence-corrected chi connectivity index (χ2v) is 2.77. The maximum Gasteiger partial charge on any atom is 0.0879 e. The van der Waals surface area contributed by atoms with Gasteiger partial charge in [0.05, 0.1) is 5.04 Å². The van der Waals surface area contributed by atoms with Crippen molar-refractivity contribution in [3.63, 3.8) is 0 Å². The lowest BCUT2D eigenvalue weighted by atomic mass is 10.4. The molecule has 7 heavy (non-hydrogen) atoms. The third-order valence-corrected chi connectivity index (χ3v) is 2.32. The van der Waals surface area contributed by atoms with Crippen LogP contribution in [0.15, 0.2) is 4.51 Å². The Kier molecular flexibility index (Phi) is 2.00. The molecular formula is C4H6ClNS. The summed E-state index contributed by atoms with van der Waals surface area (Å²) in [6.45, 7) is 0. The lowest BCUT2D eigenvalue weighted by molar-refractivity contribution is 1.05. The fourth-order valence-corrected chi connectivity index (χ4v) is 1.64. The van der Waals surface area contributed by atoms with Crippen LogP contribution in [0.1, 0.15) is 12.8 Å². The third-order valence-electron chi connectivity index (χ3n) is 0.898. The zero-order chi connectivity index (χ0) is 5.11. The summed E-state index contributed by atoms with van der Waals surface area (Å²) < 4.78 is 3.54. The van der Waals surface area contributed by atoms with Crippen molar-refractivity contribution in [3.8, 4) is 0 Å². The Morgan fingerprint density at radius 1 is 1.71 bits per heavy atom. The molecule has 0 atom stereocenters. The number of thioether (sulfide) groups is 1. The Hall–Kier alpha value is 0.310. The van der Waals surface area contributed by atoms with Gasteiger partial charge in [-0.3, -0.25) is 0 Å². The molecule has 1 aliphatic heterocycles. The standard InChI is InChI=1S/C4H6ClNS/c5-6-4-2-1-3-7-4/h1-3H2. The van der Waals surface area contributed by atoms with Gasteiger partial charge in [-0.2, -0.15) is 4.51 Å². The van der Waals surface area contributed by atoms with Crippen molar-refractivity contribution in [2.24, 2.45) is 4.51 Å². The van der Waals surface area contributed by atoms with Crippen LogP contribution < -0.4 is 0 Å². The predicted octanol–water partition coefficient (Wildman–Crippen LogP) is 2.07. The van der Waals surface area contributed by atoms with Gasteiger partial charge in [-0.1, -0.05) is 0 Å². The van der Waals surface area contributed by atoms with Gasteiger partial charge in [0, 0.05) is 11.8 Å². The topological polar surface area (TPSA) is 12.4 Å². The van der Waals surface area contributed by atoms with E-state index >= 15 is 0 Å². The van der Waals surface area contributed by atoms with Crippen LogP contribution in [0, 0.1) is 0 Å². The smallest absolute Gasteiger partial charge is 0.0879 e. The maximum absolute atomic E-state index is 5.17. The molecule has 0 bridgehead atoms. The highest BCUT2D eigenvalue weighted by atomic mass is 35.5. The highest BCUT2D eigenvalue weighted by Gasteiger charge is 2.06. The van der Waals surface area contributed by atoms with Crippen LogP contribution in [0.4, 0.5) is 0 Å². The Balaban J connectivity index is 2.41. The van der Waals surface area contributed by atoms with E-state index in [4.69, 9.17) is 11.8 Å². The Morgan fingerprint density at radius 2 is 2.57 bits per heavy atom. The molecule has 1 nitrogen and oxygen atoms in total. The van der Waals surface area contributed by atoms with Gasteiger partial charge in [0.1, 0.15) is 0 Å². The molecule has 0 aromatic carbocycles. The van der Waals surface area contributed by atoms with Crippen molar-refractivity contribution < 1.29 is 0 Å². The van der Waals surface area contributed by atoms with E-state index in [1.807, 2.05) is 0 Å². The van der Waals surface area contributed by atoms with E-state index in [0.29, 0.717) is 0 Å². The van der Waals surface area contributed by atoms with E-state index in [1.165, 1.54) is 12.2 Å². The van der Waals surface area contributed by atoms with Gasteiger partial charge in [-0.25, -0.2) is 0 Å². The number of halogens is 1. The van der Waals surface area contributed by atoms with Gasteiger partial charge in [-0.15, -0.1) is 11.8 Å². The first-order valence-corrected chi connectivity index (χ1v) is 3.56. The highest BCUT2D eigenvalue weighted by Crippen LogP contribution is 2.20. The summed E-state index contributed by atoms with van der Waals surface area (Å²) in [5, 5.41) is 1.10. The summed E-state index contributed by atoms with van der Waals surface area (Å²) in [6.07, 6.45) is 2.34. The Morgan fingerprint density at radius 3 is 2.86 bits per heavy atom. The molecule has 1 rings (SSSR count). The number of nitrogens with zero attached hydrogens (tertiary/aromatic N) is 1. The molecule has 40 valence electrons. The van der Waals surface area contributed by atoms with Crippen molar-refractivity contribution in [2.75, 3.05) is 5.75 Å². The molecule has 0 radical (unpaired) electrons. The summed E-state index contributed by atoms with van der Waals surface area (Å²) in [5.41, 5.74) is 0. The fraction of sp³-hybridized carbons (Fsp3) is 0.750.